The van der Waals surface area contributed by atoms with E-state index in [-0.39, 0.29) is 0 Å². The summed E-state index contributed by atoms with van der Waals surface area (Å²) in [6.45, 7) is 7.78. The van der Waals surface area contributed by atoms with Gasteiger partial charge in [0.25, 0.3) is 0 Å². The van der Waals surface area contributed by atoms with Gasteiger partial charge in [0.1, 0.15) is 0 Å². The van der Waals surface area contributed by atoms with Crippen LogP contribution >= 0.6 is 0 Å². The zero-order valence-corrected chi connectivity index (χ0v) is 14.7. The molecule has 0 bridgehead atoms. The molecule has 4 fully saturated rings. The molecule has 0 N–H and O–H groups in total. The number of fused-ring (bicyclic) bond motifs is 5. The lowest BCUT2D eigenvalue weighted by molar-refractivity contribution is -0.111. The SMILES string of the molecule is CC[C@@H]1CC[C@@]2(C)[C@@H](CC[C@H]3[C@@H]4CCC[C@@]4(C)CC[C@@H]32)C1. The first-order valence-corrected chi connectivity index (χ1v) is 10.1. The molecule has 0 radical (unpaired) electrons. The van der Waals surface area contributed by atoms with Gasteiger partial charge in [-0.25, -0.2) is 0 Å². The van der Waals surface area contributed by atoms with Crippen molar-refractivity contribution in [2.24, 2.45) is 40.4 Å². The minimum absolute atomic E-state index is 0.721. The molecular weight excluding hydrogens is 252 g/mol. The van der Waals surface area contributed by atoms with Crippen LogP contribution < -0.4 is 0 Å². The monoisotopic (exact) mass is 288 g/mol. The topological polar surface area (TPSA) is 0 Å². The first-order valence-electron chi connectivity index (χ1n) is 10.1. The maximum absolute atomic E-state index is 2.72. The molecule has 7 atom stereocenters. The van der Waals surface area contributed by atoms with Gasteiger partial charge in [0, 0.05) is 0 Å². The van der Waals surface area contributed by atoms with Crippen molar-refractivity contribution >= 4 is 0 Å². The number of hydrogen-bond acceptors (Lipinski definition) is 0. The number of rotatable bonds is 1. The van der Waals surface area contributed by atoms with Gasteiger partial charge in [0.2, 0.25) is 0 Å². The van der Waals surface area contributed by atoms with Crippen LogP contribution in [-0.4, -0.2) is 0 Å². The van der Waals surface area contributed by atoms with E-state index in [2.05, 4.69) is 20.8 Å². The summed E-state index contributed by atoms with van der Waals surface area (Å²) in [4.78, 5) is 0. The molecule has 0 spiro atoms. The van der Waals surface area contributed by atoms with Crippen LogP contribution in [0.1, 0.15) is 91.4 Å². The summed E-state index contributed by atoms with van der Waals surface area (Å²) in [5.74, 6) is 5.41. The molecule has 21 heavy (non-hydrogen) atoms. The Morgan fingerprint density at radius 2 is 1.71 bits per heavy atom. The van der Waals surface area contributed by atoms with Gasteiger partial charge >= 0.3 is 0 Å². The van der Waals surface area contributed by atoms with Crippen LogP contribution in [0.25, 0.3) is 0 Å². The summed E-state index contributed by atoms with van der Waals surface area (Å²) in [5.41, 5.74) is 1.46. The van der Waals surface area contributed by atoms with Crippen LogP contribution in [0.2, 0.25) is 0 Å². The van der Waals surface area contributed by atoms with Crippen LogP contribution in [-0.2, 0) is 0 Å². The van der Waals surface area contributed by atoms with E-state index in [1.807, 2.05) is 0 Å². The lowest BCUT2D eigenvalue weighted by atomic mass is 9.44. The van der Waals surface area contributed by atoms with Gasteiger partial charge in [-0.15, -0.1) is 0 Å². The van der Waals surface area contributed by atoms with Crippen molar-refractivity contribution in [2.75, 3.05) is 0 Å². The van der Waals surface area contributed by atoms with E-state index in [1.54, 1.807) is 51.4 Å². The summed E-state index contributed by atoms with van der Waals surface area (Å²) in [6.07, 6.45) is 17.0. The summed E-state index contributed by atoms with van der Waals surface area (Å²) in [6, 6.07) is 0. The molecule has 4 saturated carbocycles. The van der Waals surface area contributed by atoms with Crippen molar-refractivity contribution in [2.45, 2.75) is 91.4 Å². The molecule has 0 aromatic rings. The third-order valence-electron chi connectivity index (χ3n) is 9.13. The fourth-order valence-electron chi connectivity index (χ4n) is 7.71. The normalized spacial score (nSPS) is 56.4. The lowest BCUT2D eigenvalue weighted by Crippen LogP contribution is -2.52. The van der Waals surface area contributed by atoms with Gasteiger partial charge < -0.3 is 0 Å². The summed E-state index contributed by atoms with van der Waals surface area (Å²) in [5, 5.41) is 0. The van der Waals surface area contributed by atoms with Crippen LogP contribution in [0.5, 0.6) is 0 Å². The van der Waals surface area contributed by atoms with E-state index in [0.29, 0.717) is 0 Å². The molecule has 120 valence electrons. The highest BCUT2D eigenvalue weighted by atomic mass is 14.6. The van der Waals surface area contributed by atoms with Gasteiger partial charge in [-0.1, -0.05) is 33.6 Å². The van der Waals surface area contributed by atoms with Gasteiger partial charge in [-0.2, -0.15) is 0 Å². The Labute approximate surface area is 132 Å². The highest BCUT2D eigenvalue weighted by molar-refractivity contribution is 5.07. The summed E-state index contributed by atoms with van der Waals surface area (Å²) < 4.78 is 0. The van der Waals surface area contributed by atoms with E-state index in [0.717, 1.165) is 40.4 Å². The first-order chi connectivity index (χ1) is 10.1. The molecule has 0 aromatic heterocycles. The Morgan fingerprint density at radius 3 is 2.52 bits per heavy atom. The zero-order valence-electron chi connectivity index (χ0n) is 14.7. The molecule has 0 aromatic carbocycles. The highest BCUT2D eigenvalue weighted by Gasteiger charge is 2.57. The van der Waals surface area contributed by atoms with E-state index in [1.165, 1.54) is 19.3 Å². The molecule has 0 heterocycles. The average Bonchev–Trinajstić information content (AvgIpc) is 2.88. The second-order valence-corrected chi connectivity index (χ2v) is 9.79. The zero-order chi connectivity index (χ0) is 14.7. The molecule has 0 saturated heterocycles. The molecule has 0 heteroatoms. The van der Waals surface area contributed by atoms with Gasteiger partial charge in [-0.05, 0) is 98.2 Å². The van der Waals surface area contributed by atoms with E-state index in [4.69, 9.17) is 0 Å². The molecule has 0 aliphatic heterocycles. The van der Waals surface area contributed by atoms with Gasteiger partial charge in [0.15, 0.2) is 0 Å². The molecule has 0 nitrogen and oxygen atoms in total. The molecule has 0 unspecified atom stereocenters. The fraction of sp³-hybridized carbons (Fsp3) is 1.00. The minimum Gasteiger partial charge on any atom is -0.0651 e. The van der Waals surface area contributed by atoms with Crippen molar-refractivity contribution < 1.29 is 0 Å². The predicted octanol–water partition coefficient (Wildman–Crippen LogP) is 6.45. The maximum Gasteiger partial charge on any atom is -0.0266 e. The first kappa shape index (κ1) is 14.6. The van der Waals surface area contributed by atoms with Crippen molar-refractivity contribution in [3.8, 4) is 0 Å². The Bertz CT molecular complexity index is 399. The van der Waals surface area contributed by atoms with Crippen molar-refractivity contribution in [3.05, 3.63) is 0 Å². The Balaban J connectivity index is 1.59. The van der Waals surface area contributed by atoms with E-state index < -0.39 is 0 Å². The van der Waals surface area contributed by atoms with Crippen molar-refractivity contribution in [1.29, 1.82) is 0 Å². The second kappa shape index (κ2) is 5.00. The average molecular weight is 289 g/mol. The Hall–Kier alpha value is 0. The van der Waals surface area contributed by atoms with Crippen LogP contribution in [0, 0.1) is 40.4 Å². The van der Waals surface area contributed by atoms with Gasteiger partial charge in [-0.3, -0.25) is 0 Å². The molecule has 4 aliphatic carbocycles. The fourth-order valence-corrected chi connectivity index (χ4v) is 7.71. The third kappa shape index (κ3) is 2.07. The highest BCUT2D eigenvalue weighted by Crippen LogP contribution is 2.66. The predicted molar refractivity (Wildman–Crippen MR) is 90.1 cm³/mol. The maximum atomic E-state index is 2.72. The number of hydrogen-bond donors (Lipinski definition) is 0. The quantitative estimate of drug-likeness (QED) is 0.520. The van der Waals surface area contributed by atoms with Crippen molar-refractivity contribution in [3.63, 3.8) is 0 Å². The van der Waals surface area contributed by atoms with E-state index in [9.17, 15) is 0 Å². The smallest absolute Gasteiger partial charge is 0.0266 e. The molecule has 4 rings (SSSR count). The largest absolute Gasteiger partial charge is 0.0651 e. The van der Waals surface area contributed by atoms with Crippen LogP contribution in [0.15, 0.2) is 0 Å². The lowest BCUT2D eigenvalue weighted by Gasteiger charge is -2.60. The Kier molecular flexibility index (Phi) is 3.47. The van der Waals surface area contributed by atoms with E-state index >= 15 is 0 Å². The third-order valence-corrected chi connectivity index (χ3v) is 9.13. The van der Waals surface area contributed by atoms with Crippen LogP contribution in [0.4, 0.5) is 0 Å². The van der Waals surface area contributed by atoms with Gasteiger partial charge in [0.05, 0.1) is 0 Å². The standard InChI is InChI=1S/C21H36/c1-4-15-9-13-21(3)16(14-15)7-8-17-18-6-5-11-20(18,2)12-10-19(17)21/h15-19H,4-14H2,1-3H3/t15-,16+,17+,18+,19+,20+,21+/m1/s1. The van der Waals surface area contributed by atoms with Crippen molar-refractivity contribution in [1.82, 2.24) is 0 Å². The molecular formula is C21H36. The second-order valence-electron chi connectivity index (χ2n) is 9.79. The summed E-state index contributed by atoms with van der Waals surface area (Å²) in [7, 11) is 0. The van der Waals surface area contributed by atoms with Crippen LogP contribution in [0.3, 0.4) is 0 Å². The molecule has 4 aliphatic rings. The summed E-state index contributed by atoms with van der Waals surface area (Å²) >= 11 is 0. The molecule has 0 amide bonds. The Morgan fingerprint density at radius 1 is 0.857 bits per heavy atom. The minimum atomic E-state index is 0.721.